The van der Waals surface area contributed by atoms with Gasteiger partial charge in [-0.2, -0.15) is 10.1 Å². The molecule has 0 fully saturated rings. The van der Waals surface area contributed by atoms with Crippen molar-refractivity contribution in [2.75, 3.05) is 14.2 Å². The molecule has 0 bridgehead atoms. The number of benzene rings is 1. The number of Topliss-reactive ketones (excluding diaryl/α,β-unsaturated/α-hetero) is 1. The molecule has 0 spiro atoms. The van der Waals surface area contributed by atoms with E-state index in [1.807, 2.05) is 26.0 Å². The molecule has 1 atom stereocenters. The highest BCUT2D eigenvalue weighted by Crippen LogP contribution is 2.46. The first kappa shape index (κ1) is 25.0. The smallest absolute Gasteiger partial charge is 0.319 e. The number of nitrogens with zero attached hydrogens (tertiary/aromatic N) is 5. The summed E-state index contributed by atoms with van der Waals surface area (Å²) in [5, 5.41) is 5.68. The second kappa shape index (κ2) is 9.64. The monoisotopic (exact) mass is 539 g/mol. The van der Waals surface area contributed by atoms with E-state index < -0.39 is 11.9 Å². The van der Waals surface area contributed by atoms with Crippen LogP contribution in [0.15, 0.2) is 53.3 Å². The number of hydrogen-bond acceptors (Lipinski definition) is 7. The zero-order valence-electron chi connectivity index (χ0n) is 20.5. The van der Waals surface area contributed by atoms with E-state index in [-0.39, 0.29) is 41.4 Å². The minimum Gasteiger partial charge on any atom is -0.479 e. The summed E-state index contributed by atoms with van der Waals surface area (Å²) < 4.78 is 12.3. The van der Waals surface area contributed by atoms with E-state index in [2.05, 4.69) is 9.97 Å². The summed E-state index contributed by atoms with van der Waals surface area (Å²) >= 11 is 12.4. The molecule has 1 aromatic carbocycles. The molecule has 0 saturated heterocycles. The van der Waals surface area contributed by atoms with Crippen LogP contribution in [0.25, 0.3) is 5.69 Å². The number of amides is 1. The van der Waals surface area contributed by atoms with Gasteiger partial charge in [-0.3, -0.25) is 14.5 Å². The van der Waals surface area contributed by atoms with Crippen LogP contribution in [-0.2, 0) is 4.79 Å². The summed E-state index contributed by atoms with van der Waals surface area (Å²) in [6, 6.07) is 6.69. The van der Waals surface area contributed by atoms with Gasteiger partial charge in [-0.05, 0) is 29.7 Å². The fourth-order valence-corrected chi connectivity index (χ4v) is 4.99. The lowest BCUT2D eigenvalue weighted by Crippen LogP contribution is -2.33. The zero-order valence-corrected chi connectivity index (χ0v) is 22.0. The van der Waals surface area contributed by atoms with Gasteiger partial charge >= 0.3 is 6.01 Å². The average molecular weight is 540 g/mol. The number of methoxy groups -OCH3 is 2. The fourth-order valence-electron chi connectivity index (χ4n) is 4.69. The average Bonchev–Trinajstić information content (AvgIpc) is 3.40. The largest absolute Gasteiger partial charge is 0.479 e. The van der Waals surface area contributed by atoms with Gasteiger partial charge < -0.3 is 9.47 Å². The zero-order chi connectivity index (χ0) is 26.4. The minimum atomic E-state index is -0.631. The fraction of sp³-hybridized carbons (Fsp3) is 0.269. The van der Waals surface area contributed by atoms with Crippen molar-refractivity contribution in [3.05, 3.63) is 80.9 Å². The van der Waals surface area contributed by atoms with Crippen LogP contribution in [0.5, 0.6) is 11.9 Å². The Morgan fingerprint density at radius 1 is 1.08 bits per heavy atom. The third-order valence-electron chi connectivity index (χ3n) is 6.26. The third kappa shape index (κ3) is 4.18. The number of ketones is 1. The molecule has 1 amide bonds. The van der Waals surface area contributed by atoms with Gasteiger partial charge in [0.1, 0.15) is 5.69 Å². The van der Waals surface area contributed by atoms with E-state index in [0.717, 1.165) is 11.3 Å². The Labute approximate surface area is 223 Å². The summed E-state index contributed by atoms with van der Waals surface area (Å²) in [6.45, 7) is 4.00. The number of allylic oxidation sites excluding steroid dienone is 4. The summed E-state index contributed by atoms with van der Waals surface area (Å²) in [4.78, 5) is 36.9. The second-order valence-electron chi connectivity index (χ2n) is 8.84. The van der Waals surface area contributed by atoms with Gasteiger partial charge in [0.2, 0.25) is 5.88 Å². The van der Waals surface area contributed by atoms with Crippen LogP contribution < -0.4 is 9.47 Å². The molecule has 0 radical (unpaired) electrons. The van der Waals surface area contributed by atoms with Crippen LogP contribution in [-0.4, -0.2) is 50.6 Å². The van der Waals surface area contributed by atoms with E-state index in [1.165, 1.54) is 31.4 Å². The molecule has 3 aromatic rings. The van der Waals surface area contributed by atoms with Crippen molar-refractivity contribution in [3.63, 3.8) is 0 Å². The van der Waals surface area contributed by atoms with Gasteiger partial charge in [-0.1, -0.05) is 55.3 Å². The van der Waals surface area contributed by atoms with Gasteiger partial charge in [0.05, 0.1) is 37.8 Å². The Morgan fingerprint density at radius 2 is 1.81 bits per heavy atom. The molecule has 0 N–H and O–H groups in total. The Hall–Kier alpha value is -3.69. The van der Waals surface area contributed by atoms with Crippen molar-refractivity contribution in [2.24, 2.45) is 0 Å². The van der Waals surface area contributed by atoms with E-state index >= 15 is 0 Å². The summed E-state index contributed by atoms with van der Waals surface area (Å²) in [6.07, 6.45) is 4.80. The Bertz CT molecular complexity index is 1480. The number of aromatic nitrogens is 4. The quantitative estimate of drug-likeness (QED) is 0.435. The first-order valence-electron chi connectivity index (χ1n) is 11.5. The van der Waals surface area contributed by atoms with Crippen molar-refractivity contribution in [1.82, 2.24) is 24.6 Å². The maximum atomic E-state index is 14.0. The lowest BCUT2D eigenvalue weighted by atomic mass is 9.94. The van der Waals surface area contributed by atoms with Crippen molar-refractivity contribution < 1.29 is 19.1 Å². The molecular formula is C26H23Cl2N5O4. The Balaban J connectivity index is 1.77. The van der Waals surface area contributed by atoms with E-state index in [9.17, 15) is 9.59 Å². The number of fused-ring (bicyclic) bond motifs is 1. The standard InChI is InChI=1S/C26H23Cl2N5O4/c1-13(2)22-20-21(31-33(22)18-12-29-26(37-4)30-24(18)36-3)25(35)32(17-11-16(28)9-10-19(17)34)23(20)14-5-7-15(27)8-6-14/h5-9,11-13,23H,10H2,1-4H3/t23-/m1/s1. The molecule has 3 heterocycles. The van der Waals surface area contributed by atoms with Crippen molar-refractivity contribution in [1.29, 1.82) is 0 Å². The summed E-state index contributed by atoms with van der Waals surface area (Å²) in [5.74, 6) is -0.449. The number of ether oxygens (including phenoxy) is 2. The molecule has 5 rings (SSSR count). The molecule has 11 heteroatoms. The van der Waals surface area contributed by atoms with Crippen molar-refractivity contribution in [2.45, 2.75) is 32.2 Å². The van der Waals surface area contributed by atoms with Gasteiger partial charge in [-0.25, -0.2) is 9.67 Å². The highest BCUT2D eigenvalue weighted by molar-refractivity contribution is 6.32. The van der Waals surface area contributed by atoms with E-state index in [4.69, 9.17) is 37.8 Å². The SMILES string of the molecule is COc1ncc(-n2nc3c(c2C(C)C)[C@@H](c2ccc(Cl)cc2)N(C2=CC(Cl)=CCC2=O)C3=O)c(OC)n1. The van der Waals surface area contributed by atoms with Gasteiger partial charge in [-0.15, -0.1) is 0 Å². The van der Waals surface area contributed by atoms with Gasteiger partial charge in [0.15, 0.2) is 11.5 Å². The molecule has 37 heavy (non-hydrogen) atoms. The van der Waals surface area contributed by atoms with Crippen LogP contribution in [0.3, 0.4) is 0 Å². The Kier molecular flexibility index (Phi) is 6.51. The van der Waals surface area contributed by atoms with Crippen LogP contribution in [0.1, 0.15) is 59.5 Å². The van der Waals surface area contributed by atoms with Crippen molar-refractivity contribution in [3.8, 4) is 17.6 Å². The van der Waals surface area contributed by atoms with Crippen LogP contribution in [0.4, 0.5) is 0 Å². The normalized spacial score (nSPS) is 17.2. The lowest BCUT2D eigenvalue weighted by Gasteiger charge is -2.30. The third-order valence-corrected chi connectivity index (χ3v) is 6.78. The van der Waals surface area contributed by atoms with Crippen molar-refractivity contribution >= 4 is 34.9 Å². The molecule has 0 saturated carbocycles. The minimum absolute atomic E-state index is 0.0786. The van der Waals surface area contributed by atoms with Crippen LogP contribution in [0, 0.1) is 0 Å². The maximum Gasteiger partial charge on any atom is 0.319 e. The highest BCUT2D eigenvalue weighted by atomic mass is 35.5. The summed E-state index contributed by atoms with van der Waals surface area (Å²) in [7, 11) is 2.95. The number of hydrogen-bond donors (Lipinski definition) is 0. The summed E-state index contributed by atoms with van der Waals surface area (Å²) in [5.41, 5.74) is 3.11. The molecule has 2 aliphatic rings. The number of carbonyl (C=O) groups excluding carboxylic acids is 2. The van der Waals surface area contributed by atoms with Gasteiger partial charge in [0.25, 0.3) is 5.91 Å². The molecular weight excluding hydrogens is 517 g/mol. The van der Waals surface area contributed by atoms with Crippen LogP contribution in [0.2, 0.25) is 5.02 Å². The number of rotatable bonds is 6. The molecule has 1 aliphatic carbocycles. The first-order valence-corrected chi connectivity index (χ1v) is 12.3. The second-order valence-corrected chi connectivity index (χ2v) is 9.71. The number of halogens is 2. The molecule has 1 aliphatic heterocycles. The number of carbonyl (C=O) groups is 2. The Morgan fingerprint density at radius 3 is 2.46 bits per heavy atom. The molecule has 0 unspecified atom stereocenters. The predicted octanol–water partition coefficient (Wildman–Crippen LogP) is 4.98. The molecule has 2 aromatic heterocycles. The predicted molar refractivity (Wildman–Crippen MR) is 137 cm³/mol. The van der Waals surface area contributed by atoms with E-state index in [1.54, 1.807) is 22.9 Å². The van der Waals surface area contributed by atoms with Crippen LogP contribution >= 0.6 is 23.2 Å². The topological polar surface area (TPSA) is 99.4 Å². The molecule has 190 valence electrons. The highest BCUT2D eigenvalue weighted by Gasteiger charge is 2.47. The molecule has 9 nitrogen and oxygen atoms in total. The maximum absolute atomic E-state index is 14.0. The van der Waals surface area contributed by atoms with E-state index in [0.29, 0.717) is 21.3 Å². The lowest BCUT2D eigenvalue weighted by molar-refractivity contribution is -0.116. The first-order chi connectivity index (χ1) is 17.7. The van der Waals surface area contributed by atoms with Gasteiger partial charge in [0, 0.05) is 22.0 Å².